The van der Waals surface area contributed by atoms with Crippen LogP contribution in [-0.4, -0.2) is 35.7 Å². The molecule has 0 unspecified atom stereocenters. The number of fused-ring (bicyclic) bond motifs is 2. The van der Waals surface area contributed by atoms with Crippen LogP contribution in [0.25, 0.3) is 16.8 Å². The molecule has 2 aliphatic rings. The third-order valence-corrected chi connectivity index (χ3v) is 6.10. The van der Waals surface area contributed by atoms with Crippen molar-refractivity contribution < 1.29 is 19.2 Å². The highest BCUT2D eigenvalue weighted by Gasteiger charge is 2.20. The van der Waals surface area contributed by atoms with Crippen LogP contribution in [0.2, 0.25) is 0 Å². The fourth-order valence-corrected chi connectivity index (χ4v) is 4.49. The molecule has 1 amide bonds. The number of nitro benzene ring substituents is 1. The molecule has 9 nitrogen and oxygen atoms in total. The Kier molecular flexibility index (Phi) is 6.09. The van der Waals surface area contributed by atoms with Crippen molar-refractivity contribution >= 4 is 39.8 Å². The lowest BCUT2D eigenvalue weighted by Gasteiger charge is -2.30. The van der Waals surface area contributed by atoms with E-state index in [1.165, 1.54) is 43.5 Å². The van der Waals surface area contributed by atoms with Crippen LogP contribution in [0.15, 0.2) is 48.8 Å². The first-order valence-electron chi connectivity index (χ1n) is 11.2. The van der Waals surface area contributed by atoms with Crippen molar-refractivity contribution in [1.29, 1.82) is 0 Å². The Morgan fingerprint density at radius 3 is 2.82 bits per heavy atom. The molecule has 1 fully saturated rings. The minimum Gasteiger partial charge on any atom is -0.467 e. The minimum absolute atomic E-state index is 0.0558. The number of nitrogens with one attached hydrogen (secondary N) is 1. The molecule has 2 aromatic carbocycles. The van der Waals surface area contributed by atoms with Gasteiger partial charge in [0.05, 0.1) is 17.2 Å². The van der Waals surface area contributed by atoms with Crippen LogP contribution >= 0.6 is 0 Å². The molecule has 174 valence electrons. The molecule has 2 aliphatic heterocycles. The summed E-state index contributed by atoms with van der Waals surface area (Å²) in [5.41, 5.74) is 2.75. The zero-order valence-electron chi connectivity index (χ0n) is 18.5. The molecule has 0 spiro atoms. The van der Waals surface area contributed by atoms with E-state index in [1.807, 2.05) is 18.2 Å². The molecule has 3 aromatic rings. The number of ether oxygens (including phenoxy) is 2. The van der Waals surface area contributed by atoms with E-state index in [0.717, 1.165) is 29.5 Å². The molecule has 0 radical (unpaired) electrons. The van der Waals surface area contributed by atoms with E-state index in [2.05, 4.69) is 15.2 Å². The number of hydrogen-bond acceptors (Lipinski definition) is 7. The number of amides is 1. The highest BCUT2D eigenvalue weighted by Crippen LogP contribution is 2.35. The molecular formula is C25H24N4O5. The van der Waals surface area contributed by atoms with Crippen molar-refractivity contribution in [2.75, 3.05) is 30.1 Å². The van der Waals surface area contributed by atoms with E-state index in [9.17, 15) is 14.9 Å². The lowest BCUT2D eigenvalue weighted by atomic mass is 10.0. The summed E-state index contributed by atoms with van der Waals surface area (Å²) < 4.78 is 10.8. The molecule has 0 atom stereocenters. The van der Waals surface area contributed by atoms with Gasteiger partial charge in [-0.25, -0.2) is 0 Å². The molecule has 1 aromatic heterocycles. The maximum Gasteiger partial charge on any atom is 0.270 e. The van der Waals surface area contributed by atoms with Crippen molar-refractivity contribution in [3.05, 3.63) is 70.0 Å². The summed E-state index contributed by atoms with van der Waals surface area (Å²) in [7, 11) is 0. The number of carbonyl (C=O) groups excluding carboxylic acids is 1. The van der Waals surface area contributed by atoms with Gasteiger partial charge in [-0.2, -0.15) is 0 Å². The SMILES string of the molecule is O=C(C=Cc1cc([N+](=O)[O-])cc2c1OCOC2)Nc1ccc(N2CCCCC2)c2ccncc12. The van der Waals surface area contributed by atoms with Gasteiger partial charge in [-0.3, -0.25) is 19.9 Å². The summed E-state index contributed by atoms with van der Waals surface area (Å²) in [5, 5.41) is 16.1. The maximum atomic E-state index is 12.8. The van der Waals surface area contributed by atoms with Gasteiger partial charge in [0.2, 0.25) is 5.91 Å². The molecular weight excluding hydrogens is 436 g/mol. The number of nitrogens with zero attached hydrogens (tertiary/aromatic N) is 3. The zero-order chi connectivity index (χ0) is 23.5. The van der Waals surface area contributed by atoms with Gasteiger partial charge in [0.15, 0.2) is 6.79 Å². The lowest BCUT2D eigenvalue weighted by molar-refractivity contribution is -0.385. The van der Waals surface area contributed by atoms with Gasteiger partial charge in [-0.1, -0.05) is 0 Å². The van der Waals surface area contributed by atoms with Crippen molar-refractivity contribution in [2.45, 2.75) is 25.9 Å². The van der Waals surface area contributed by atoms with Crippen LogP contribution in [0.4, 0.5) is 17.1 Å². The van der Waals surface area contributed by atoms with E-state index < -0.39 is 4.92 Å². The number of piperidine rings is 1. The van der Waals surface area contributed by atoms with E-state index in [4.69, 9.17) is 9.47 Å². The van der Waals surface area contributed by atoms with Crippen molar-refractivity contribution in [1.82, 2.24) is 4.98 Å². The highest BCUT2D eigenvalue weighted by molar-refractivity contribution is 6.10. The maximum absolute atomic E-state index is 12.8. The molecule has 9 heteroatoms. The van der Waals surface area contributed by atoms with E-state index in [0.29, 0.717) is 22.6 Å². The Morgan fingerprint density at radius 1 is 1.15 bits per heavy atom. The van der Waals surface area contributed by atoms with Gasteiger partial charge in [-0.15, -0.1) is 0 Å². The first kappa shape index (κ1) is 21.8. The number of hydrogen-bond donors (Lipinski definition) is 1. The summed E-state index contributed by atoms with van der Waals surface area (Å²) in [6.07, 6.45) is 9.99. The Labute approximate surface area is 196 Å². The second-order valence-corrected chi connectivity index (χ2v) is 8.31. The Bertz CT molecular complexity index is 1280. The van der Waals surface area contributed by atoms with Crippen LogP contribution in [0.1, 0.15) is 30.4 Å². The molecule has 34 heavy (non-hydrogen) atoms. The summed E-state index contributed by atoms with van der Waals surface area (Å²) in [5.74, 6) is 0.129. The van der Waals surface area contributed by atoms with Crippen molar-refractivity contribution in [2.24, 2.45) is 0 Å². The molecule has 3 heterocycles. The highest BCUT2D eigenvalue weighted by atomic mass is 16.7. The number of non-ortho nitro benzene ring substituents is 1. The molecule has 0 bridgehead atoms. The smallest absolute Gasteiger partial charge is 0.270 e. The van der Waals surface area contributed by atoms with Gasteiger partial charge in [-0.05, 0) is 43.5 Å². The Morgan fingerprint density at radius 2 is 2.00 bits per heavy atom. The third-order valence-electron chi connectivity index (χ3n) is 6.10. The standard InChI is InChI=1S/C25H24N4O5/c30-24(7-4-17-12-19(29(31)32)13-18-15-33-16-34-25(17)18)27-22-5-6-23(28-10-2-1-3-11-28)20-8-9-26-14-21(20)22/h4-9,12-14H,1-3,10-11,15-16H2,(H,27,30). The Balaban J connectivity index is 1.41. The topological polar surface area (TPSA) is 107 Å². The van der Waals surface area contributed by atoms with Crippen molar-refractivity contribution in [3.8, 4) is 5.75 Å². The molecule has 1 saturated heterocycles. The van der Waals surface area contributed by atoms with Crippen LogP contribution in [0, 0.1) is 10.1 Å². The van der Waals surface area contributed by atoms with E-state index in [-0.39, 0.29) is 25.0 Å². The van der Waals surface area contributed by atoms with Crippen molar-refractivity contribution in [3.63, 3.8) is 0 Å². The van der Waals surface area contributed by atoms with Crippen LogP contribution < -0.4 is 15.0 Å². The van der Waals surface area contributed by atoms with Gasteiger partial charge in [0.25, 0.3) is 5.69 Å². The lowest BCUT2D eigenvalue weighted by Crippen LogP contribution is -2.29. The largest absolute Gasteiger partial charge is 0.467 e. The van der Waals surface area contributed by atoms with Gasteiger partial charge in [0.1, 0.15) is 5.75 Å². The van der Waals surface area contributed by atoms with E-state index in [1.54, 1.807) is 12.4 Å². The summed E-state index contributed by atoms with van der Waals surface area (Å²) in [6, 6.07) is 8.72. The quantitative estimate of drug-likeness (QED) is 0.335. The zero-order valence-corrected chi connectivity index (χ0v) is 18.5. The average molecular weight is 460 g/mol. The first-order valence-corrected chi connectivity index (χ1v) is 11.2. The minimum atomic E-state index is -0.477. The number of pyridine rings is 1. The number of aromatic nitrogens is 1. The predicted octanol–water partition coefficient (Wildman–Crippen LogP) is 4.65. The monoisotopic (exact) mass is 460 g/mol. The Hall–Kier alpha value is -3.98. The number of nitro groups is 1. The van der Waals surface area contributed by atoms with E-state index >= 15 is 0 Å². The fraction of sp³-hybridized carbons (Fsp3) is 0.280. The van der Waals surface area contributed by atoms with Gasteiger partial charge < -0.3 is 19.7 Å². The number of anilines is 2. The van der Waals surface area contributed by atoms with Gasteiger partial charge >= 0.3 is 0 Å². The second kappa shape index (κ2) is 9.48. The first-order chi connectivity index (χ1) is 16.6. The third kappa shape index (κ3) is 4.42. The normalized spacial score (nSPS) is 15.7. The van der Waals surface area contributed by atoms with Crippen LogP contribution in [0.5, 0.6) is 5.75 Å². The van der Waals surface area contributed by atoms with Crippen LogP contribution in [-0.2, 0) is 16.1 Å². The van der Waals surface area contributed by atoms with Crippen LogP contribution in [0.3, 0.4) is 0 Å². The number of carbonyl (C=O) groups is 1. The fourth-order valence-electron chi connectivity index (χ4n) is 4.49. The second-order valence-electron chi connectivity index (χ2n) is 8.31. The summed E-state index contributed by atoms with van der Waals surface area (Å²) in [6.45, 7) is 2.31. The molecule has 5 rings (SSSR count). The predicted molar refractivity (Wildman–Crippen MR) is 129 cm³/mol. The molecule has 0 saturated carbocycles. The van der Waals surface area contributed by atoms with Gasteiger partial charge in [0, 0.05) is 71.3 Å². The number of benzene rings is 2. The average Bonchev–Trinajstić information content (AvgIpc) is 2.87. The number of rotatable bonds is 5. The molecule has 0 aliphatic carbocycles. The molecule has 1 N–H and O–H groups in total. The summed E-state index contributed by atoms with van der Waals surface area (Å²) >= 11 is 0. The summed E-state index contributed by atoms with van der Waals surface area (Å²) in [4.78, 5) is 30.2.